The van der Waals surface area contributed by atoms with Crippen LogP contribution >= 0.6 is 11.3 Å². The van der Waals surface area contributed by atoms with Gasteiger partial charge in [0.15, 0.2) is 22.8 Å². The van der Waals surface area contributed by atoms with E-state index < -0.39 is 0 Å². The summed E-state index contributed by atoms with van der Waals surface area (Å²) in [5, 5.41) is 17.0. The molecule has 3 aromatic heterocycles. The predicted octanol–water partition coefficient (Wildman–Crippen LogP) is 4.91. The van der Waals surface area contributed by atoms with E-state index in [2.05, 4.69) is 15.7 Å². The van der Waals surface area contributed by atoms with Crippen LogP contribution in [0.3, 0.4) is 0 Å². The summed E-state index contributed by atoms with van der Waals surface area (Å²) in [6.07, 6.45) is 2.57. The molecule has 2 aromatic carbocycles. The number of phenols is 1. The molecule has 2 N–H and O–H groups in total. The van der Waals surface area contributed by atoms with Gasteiger partial charge in [-0.2, -0.15) is 11.3 Å². The highest BCUT2D eigenvalue weighted by Gasteiger charge is 2.15. The van der Waals surface area contributed by atoms with E-state index in [4.69, 9.17) is 14.7 Å². The van der Waals surface area contributed by atoms with Gasteiger partial charge in [0.1, 0.15) is 17.8 Å². The van der Waals surface area contributed by atoms with Crippen LogP contribution in [0.1, 0.15) is 5.56 Å². The van der Waals surface area contributed by atoms with E-state index in [-0.39, 0.29) is 5.75 Å². The Morgan fingerprint density at radius 1 is 1.03 bits per heavy atom. The zero-order valence-electron chi connectivity index (χ0n) is 17.4. The van der Waals surface area contributed by atoms with Gasteiger partial charge in [0.25, 0.3) is 0 Å². The molecule has 0 spiro atoms. The second kappa shape index (κ2) is 8.68. The van der Waals surface area contributed by atoms with Gasteiger partial charge >= 0.3 is 0 Å². The van der Waals surface area contributed by atoms with E-state index in [1.54, 1.807) is 36.9 Å². The molecular weight excluding hydrogens is 422 g/mol. The molecule has 5 rings (SSSR count). The van der Waals surface area contributed by atoms with Gasteiger partial charge in [-0.05, 0) is 59.8 Å². The first-order valence-electron chi connectivity index (χ1n) is 10.1. The number of phenolic OH excluding ortho intramolecular Hbond substituents is 1. The van der Waals surface area contributed by atoms with Crippen LogP contribution in [0.4, 0.5) is 5.82 Å². The molecule has 0 saturated carbocycles. The molecule has 32 heavy (non-hydrogen) atoms. The molecule has 5 aromatic rings. The fourth-order valence-electron chi connectivity index (χ4n) is 3.46. The maximum atomic E-state index is 9.48. The minimum atomic E-state index is 0.266. The van der Waals surface area contributed by atoms with E-state index in [0.717, 1.165) is 40.1 Å². The highest BCUT2D eigenvalue weighted by atomic mass is 32.1. The Balaban J connectivity index is 1.51. The number of imidazole rings is 1. The van der Waals surface area contributed by atoms with Crippen LogP contribution in [-0.4, -0.2) is 38.3 Å². The third-order valence-corrected chi connectivity index (χ3v) is 5.84. The Morgan fingerprint density at radius 2 is 1.84 bits per heavy atom. The van der Waals surface area contributed by atoms with Gasteiger partial charge in [0.05, 0.1) is 12.8 Å². The first kappa shape index (κ1) is 20.0. The van der Waals surface area contributed by atoms with Crippen LogP contribution in [0.15, 0.2) is 71.7 Å². The van der Waals surface area contributed by atoms with Crippen molar-refractivity contribution in [1.82, 2.24) is 19.5 Å². The molecule has 7 nitrogen and oxygen atoms in total. The molecule has 0 amide bonds. The molecule has 0 unspecified atom stereocenters. The van der Waals surface area contributed by atoms with Crippen molar-refractivity contribution in [2.24, 2.45) is 0 Å². The summed E-state index contributed by atoms with van der Waals surface area (Å²) in [5.74, 6) is 2.35. The van der Waals surface area contributed by atoms with Crippen LogP contribution in [-0.2, 0) is 6.42 Å². The largest absolute Gasteiger partial charge is 0.508 e. The molecule has 0 aliphatic rings. The number of thiophene rings is 1. The zero-order chi connectivity index (χ0) is 21.9. The first-order chi connectivity index (χ1) is 15.7. The summed E-state index contributed by atoms with van der Waals surface area (Å²) < 4.78 is 7.25. The Labute approximate surface area is 189 Å². The van der Waals surface area contributed by atoms with E-state index in [9.17, 15) is 5.11 Å². The van der Waals surface area contributed by atoms with Crippen molar-refractivity contribution >= 4 is 28.3 Å². The number of methoxy groups -OCH3 is 1. The molecule has 0 fully saturated rings. The van der Waals surface area contributed by atoms with Crippen LogP contribution in [0.2, 0.25) is 0 Å². The summed E-state index contributed by atoms with van der Waals surface area (Å²) in [7, 11) is 1.65. The van der Waals surface area contributed by atoms with Gasteiger partial charge in [-0.15, -0.1) is 0 Å². The smallest absolute Gasteiger partial charge is 0.170 e. The molecule has 0 radical (unpaired) electrons. The minimum Gasteiger partial charge on any atom is -0.508 e. The number of hydrogen-bond donors (Lipinski definition) is 2. The quantitative estimate of drug-likeness (QED) is 0.372. The standard InChI is InChI=1S/C24H21N5O2S/c1-31-20-8-4-17(5-9-20)22-27-23(25-12-10-16-2-6-19(30)7-3-16)21-24(28-22)29(15-26-21)18-11-13-32-14-18/h2-9,11,13-15,30H,10,12H2,1H3,(H,25,27,28). The number of hydrogen-bond acceptors (Lipinski definition) is 7. The number of ether oxygens (including phenoxy) is 1. The van der Waals surface area contributed by atoms with Gasteiger partial charge in [0.2, 0.25) is 0 Å². The average Bonchev–Trinajstić information content (AvgIpc) is 3.50. The monoisotopic (exact) mass is 443 g/mol. The lowest BCUT2D eigenvalue weighted by atomic mass is 10.1. The molecular formula is C24H21N5O2S. The first-order valence-corrected chi connectivity index (χ1v) is 11.1. The minimum absolute atomic E-state index is 0.266. The molecule has 0 aliphatic carbocycles. The number of nitrogens with zero attached hydrogens (tertiary/aromatic N) is 4. The summed E-state index contributed by atoms with van der Waals surface area (Å²) >= 11 is 1.63. The molecule has 3 heterocycles. The van der Waals surface area contributed by atoms with E-state index in [0.29, 0.717) is 18.2 Å². The number of anilines is 1. The van der Waals surface area contributed by atoms with Gasteiger partial charge in [-0.25, -0.2) is 15.0 Å². The SMILES string of the molecule is COc1ccc(-c2nc(NCCc3ccc(O)cc3)c3ncn(-c4ccsc4)c3n2)cc1. The van der Waals surface area contributed by atoms with Crippen molar-refractivity contribution in [2.45, 2.75) is 6.42 Å². The molecule has 0 bridgehead atoms. The number of aromatic nitrogens is 4. The number of rotatable bonds is 7. The summed E-state index contributed by atoms with van der Waals surface area (Å²) in [6, 6.07) is 17.0. The van der Waals surface area contributed by atoms with E-state index >= 15 is 0 Å². The number of aromatic hydroxyl groups is 1. The Hall–Kier alpha value is -3.91. The average molecular weight is 444 g/mol. The Morgan fingerprint density at radius 3 is 2.56 bits per heavy atom. The maximum absolute atomic E-state index is 9.48. The molecule has 0 saturated heterocycles. The van der Waals surface area contributed by atoms with Crippen LogP contribution < -0.4 is 10.1 Å². The van der Waals surface area contributed by atoms with E-state index in [1.807, 2.05) is 52.4 Å². The lowest BCUT2D eigenvalue weighted by Crippen LogP contribution is -2.08. The number of benzene rings is 2. The van der Waals surface area contributed by atoms with Crippen LogP contribution in [0.5, 0.6) is 11.5 Å². The lowest BCUT2D eigenvalue weighted by Gasteiger charge is -2.10. The topological polar surface area (TPSA) is 85.1 Å². The summed E-state index contributed by atoms with van der Waals surface area (Å²) in [5.41, 5.74) is 4.51. The second-order valence-corrected chi connectivity index (χ2v) is 8.02. The normalized spacial score (nSPS) is 11.0. The number of nitrogens with one attached hydrogen (secondary N) is 1. The lowest BCUT2D eigenvalue weighted by molar-refractivity contribution is 0.415. The van der Waals surface area contributed by atoms with Crippen LogP contribution in [0.25, 0.3) is 28.2 Å². The van der Waals surface area contributed by atoms with Gasteiger partial charge < -0.3 is 15.2 Å². The predicted molar refractivity (Wildman–Crippen MR) is 127 cm³/mol. The zero-order valence-corrected chi connectivity index (χ0v) is 18.2. The van der Waals surface area contributed by atoms with Crippen molar-refractivity contribution < 1.29 is 9.84 Å². The molecule has 160 valence electrons. The number of fused-ring (bicyclic) bond motifs is 1. The highest BCUT2D eigenvalue weighted by molar-refractivity contribution is 7.08. The highest BCUT2D eigenvalue weighted by Crippen LogP contribution is 2.27. The fourth-order valence-corrected chi connectivity index (χ4v) is 4.09. The van der Waals surface area contributed by atoms with Gasteiger partial charge in [0, 0.05) is 17.5 Å². The van der Waals surface area contributed by atoms with E-state index in [1.165, 1.54) is 0 Å². The second-order valence-electron chi connectivity index (χ2n) is 7.24. The van der Waals surface area contributed by atoms with Gasteiger partial charge in [-0.3, -0.25) is 4.57 Å². The molecule has 0 atom stereocenters. The Bertz CT molecular complexity index is 1330. The van der Waals surface area contributed by atoms with Crippen LogP contribution in [0, 0.1) is 0 Å². The molecule has 8 heteroatoms. The fraction of sp³-hybridized carbons (Fsp3) is 0.125. The van der Waals surface area contributed by atoms with Crippen molar-refractivity contribution in [2.75, 3.05) is 19.0 Å². The Kier molecular flexibility index (Phi) is 5.43. The third kappa shape index (κ3) is 4.00. The third-order valence-electron chi connectivity index (χ3n) is 5.17. The van der Waals surface area contributed by atoms with Gasteiger partial charge in [-0.1, -0.05) is 12.1 Å². The van der Waals surface area contributed by atoms with Crippen molar-refractivity contribution in [3.63, 3.8) is 0 Å². The molecule has 0 aliphatic heterocycles. The summed E-state index contributed by atoms with van der Waals surface area (Å²) in [4.78, 5) is 14.2. The van der Waals surface area contributed by atoms with Crippen molar-refractivity contribution in [3.05, 3.63) is 77.2 Å². The summed E-state index contributed by atoms with van der Waals surface area (Å²) in [6.45, 7) is 0.671. The maximum Gasteiger partial charge on any atom is 0.170 e. The van der Waals surface area contributed by atoms with Crippen molar-refractivity contribution in [3.8, 4) is 28.6 Å². The van der Waals surface area contributed by atoms with Crippen molar-refractivity contribution in [1.29, 1.82) is 0 Å².